The van der Waals surface area contributed by atoms with Crippen LogP contribution in [0.5, 0.6) is 0 Å². The van der Waals surface area contributed by atoms with Crippen LogP contribution in [0.25, 0.3) is 0 Å². The first-order valence-electron chi connectivity index (χ1n) is 25.7. The van der Waals surface area contributed by atoms with Crippen molar-refractivity contribution in [3.8, 4) is 0 Å². The van der Waals surface area contributed by atoms with Gasteiger partial charge >= 0.3 is 7.82 Å². The Kier molecular flexibility index (Phi) is 43.8. The van der Waals surface area contributed by atoms with Crippen molar-refractivity contribution in [2.24, 2.45) is 0 Å². The molecule has 0 aromatic rings. The lowest BCUT2D eigenvalue weighted by Gasteiger charge is -2.34. The Morgan fingerprint density at radius 3 is 0.582 bits per heavy atom. The van der Waals surface area contributed by atoms with Gasteiger partial charge in [0.05, 0.1) is 5.60 Å². The highest BCUT2D eigenvalue weighted by molar-refractivity contribution is 7.46. The molecule has 0 atom stereocenters. The molecule has 0 rings (SSSR count). The van der Waals surface area contributed by atoms with Gasteiger partial charge in [0.15, 0.2) is 0 Å². The third kappa shape index (κ3) is 43.5. The Bertz CT molecular complexity index is 735. The average molecular weight is 799 g/mol. The second kappa shape index (κ2) is 43.7. The van der Waals surface area contributed by atoms with Gasteiger partial charge < -0.3 is 9.79 Å². The van der Waals surface area contributed by atoms with Crippen molar-refractivity contribution in [3.05, 3.63) is 0 Å². The van der Waals surface area contributed by atoms with Crippen LogP contribution in [0.1, 0.15) is 316 Å². The highest BCUT2D eigenvalue weighted by Gasteiger charge is 2.36. The molecule has 5 heteroatoms. The van der Waals surface area contributed by atoms with Gasteiger partial charge in [-0.3, -0.25) is 4.52 Å². The third-order valence-corrected chi connectivity index (χ3v) is 13.1. The van der Waals surface area contributed by atoms with E-state index in [1.807, 2.05) is 0 Å². The van der Waals surface area contributed by atoms with E-state index in [2.05, 4.69) is 20.8 Å². The predicted molar refractivity (Wildman–Crippen MR) is 245 cm³/mol. The van der Waals surface area contributed by atoms with Crippen LogP contribution < -0.4 is 0 Å². The highest BCUT2D eigenvalue weighted by Crippen LogP contribution is 2.47. The van der Waals surface area contributed by atoms with Crippen molar-refractivity contribution >= 4 is 7.82 Å². The monoisotopic (exact) mass is 799 g/mol. The second-order valence-corrected chi connectivity index (χ2v) is 19.3. The molecular weight excluding hydrogens is 696 g/mol. The molecule has 0 aliphatic heterocycles. The molecule has 0 saturated heterocycles. The normalized spacial score (nSPS) is 12.3. The number of hydrogen-bond acceptors (Lipinski definition) is 2. The molecule has 2 N–H and O–H groups in total. The molecule has 0 unspecified atom stereocenters. The van der Waals surface area contributed by atoms with Gasteiger partial charge in [-0.05, 0) is 19.3 Å². The van der Waals surface area contributed by atoms with Crippen LogP contribution in [0.3, 0.4) is 0 Å². The number of rotatable bonds is 48. The zero-order chi connectivity index (χ0) is 40.2. The summed E-state index contributed by atoms with van der Waals surface area (Å²) in [7, 11) is -4.55. The summed E-state index contributed by atoms with van der Waals surface area (Å²) in [5.74, 6) is 0. The van der Waals surface area contributed by atoms with Gasteiger partial charge in [0.2, 0.25) is 0 Å². The van der Waals surface area contributed by atoms with Gasteiger partial charge in [-0.25, -0.2) is 4.57 Å². The fraction of sp³-hybridized carbons (Fsp3) is 1.00. The molecular formula is C50H103O4P. The lowest BCUT2D eigenvalue weighted by atomic mass is 9.85. The molecule has 0 spiro atoms. The minimum Gasteiger partial charge on any atom is -0.303 e. The number of phosphoric ester groups is 1. The SMILES string of the molecule is CCCCCCCCCCCCCCCCCC(CCCCCCCCCCCCCCCC)(CCCCCCCCCCCCCCCC)OP(=O)(O)O. The summed E-state index contributed by atoms with van der Waals surface area (Å²) in [6.45, 7) is 6.87. The first-order valence-corrected chi connectivity index (χ1v) is 27.2. The lowest BCUT2D eigenvalue weighted by molar-refractivity contribution is 0.00533. The van der Waals surface area contributed by atoms with E-state index in [0.717, 1.165) is 57.8 Å². The van der Waals surface area contributed by atoms with Crippen molar-refractivity contribution in [1.82, 2.24) is 0 Å². The van der Waals surface area contributed by atoms with Crippen molar-refractivity contribution in [2.75, 3.05) is 0 Å². The highest BCUT2D eigenvalue weighted by atomic mass is 31.2. The van der Waals surface area contributed by atoms with Crippen LogP contribution in [0.2, 0.25) is 0 Å². The Labute approximate surface area is 347 Å². The molecule has 0 aromatic heterocycles. The largest absolute Gasteiger partial charge is 0.470 e. The van der Waals surface area contributed by atoms with Crippen molar-refractivity contribution in [3.63, 3.8) is 0 Å². The van der Waals surface area contributed by atoms with E-state index in [0.29, 0.717) is 0 Å². The first kappa shape index (κ1) is 55.1. The first-order chi connectivity index (χ1) is 26.9. The van der Waals surface area contributed by atoms with Gasteiger partial charge in [-0.15, -0.1) is 0 Å². The Hall–Kier alpha value is 0.110. The van der Waals surface area contributed by atoms with E-state index in [-0.39, 0.29) is 0 Å². The summed E-state index contributed by atoms with van der Waals surface area (Å²) < 4.78 is 18.2. The quantitative estimate of drug-likeness (QED) is 0.0475. The number of unbranched alkanes of at least 4 members (excludes halogenated alkanes) is 40. The molecule has 0 radical (unpaired) electrons. The van der Waals surface area contributed by atoms with Crippen LogP contribution in [0.15, 0.2) is 0 Å². The fourth-order valence-corrected chi connectivity index (χ4v) is 9.64. The molecule has 4 nitrogen and oxygen atoms in total. The van der Waals surface area contributed by atoms with Crippen LogP contribution in [0, 0.1) is 0 Å². The number of phosphoric acid groups is 1. The lowest BCUT2D eigenvalue weighted by Crippen LogP contribution is -2.32. The predicted octanol–water partition coefficient (Wildman–Crippen LogP) is 18.8. The van der Waals surface area contributed by atoms with Crippen molar-refractivity contribution < 1.29 is 18.9 Å². The summed E-state index contributed by atoms with van der Waals surface area (Å²) in [5.41, 5.74) is -0.663. The molecule has 0 amide bonds. The molecule has 0 aliphatic carbocycles. The minimum atomic E-state index is -4.55. The maximum atomic E-state index is 12.4. The molecule has 0 aromatic carbocycles. The van der Waals surface area contributed by atoms with Crippen molar-refractivity contribution in [2.45, 2.75) is 322 Å². The van der Waals surface area contributed by atoms with E-state index in [1.54, 1.807) is 0 Å². The third-order valence-electron chi connectivity index (χ3n) is 12.5. The van der Waals surface area contributed by atoms with E-state index in [1.165, 1.54) is 238 Å². The standard InChI is InChI=1S/C50H103O4P/c1-4-7-10-13-16-19-22-25-28-31-34-37-40-43-46-49-50(54-55(51,52)53,47-44-41-38-35-32-29-26-23-20-17-14-11-8-5-2)48-45-42-39-36-33-30-27-24-21-18-15-12-9-6-3/h4-49H2,1-3H3,(H2,51,52,53). The van der Waals surface area contributed by atoms with E-state index >= 15 is 0 Å². The van der Waals surface area contributed by atoms with Crippen LogP contribution in [-0.2, 0) is 9.09 Å². The van der Waals surface area contributed by atoms with Gasteiger partial charge in [0.1, 0.15) is 0 Å². The molecule has 0 heterocycles. The molecule has 55 heavy (non-hydrogen) atoms. The molecule has 0 fully saturated rings. The molecule has 0 saturated carbocycles. The smallest absolute Gasteiger partial charge is 0.303 e. The zero-order valence-corrected chi connectivity index (χ0v) is 39.1. The summed E-state index contributed by atoms with van der Waals surface area (Å²) in [4.78, 5) is 20.2. The van der Waals surface area contributed by atoms with Crippen LogP contribution in [0.4, 0.5) is 0 Å². The van der Waals surface area contributed by atoms with E-state index in [9.17, 15) is 14.4 Å². The Balaban J connectivity index is 4.56. The maximum Gasteiger partial charge on any atom is 0.470 e. The summed E-state index contributed by atoms with van der Waals surface area (Å²) >= 11 is 0. The van der Waals surface area contributed by atoms with Crippen LogP contribution >= 0.6 is 7.82 Å². The molecule has 0 bridgehead atoms. The van der Waals surface area contributed by atoms with Crippen molar-refractivity contribution in [1.29, 1.82) is 0 Å². The van der Waals surface area contributed by atoms with Gasteiger partial charge in [-0.1, -0.05) is 297 Å². The number of hydrogen-bond donors (Lipinski definition) is 2. The van der Waals surface area contributed by atoms with Gasteiger partial charge in [-0.2, -0.15) is 0 Å². The minimum absolute atomic E-state index is 0.663. The van der Waals surface area contributed by atoms with E-state index in [4.69, 9.17) is 4.52 Å². The van der Waals surface area contributed by atoms with Crippen LogP contribution in [-0.4, -0.2) is 15.4 Å². The summed E-state index contributed by atoms with van der Waals surface area (Å²) in [6.07, 6.45) is 59.5. The second-order valence-electron chi connectivity index (χ2n) is 18.2. The maximum absolute atomic E-state index is 12.4. The van der Waals surface area contributed by atoms with Gasteiger partial charge in [0, 0.05) is 0 Å². The summed E-state index contributed by atoms with van der Waals surface area (Å²) in [6, 6.07) is 0. The topological polar surface area (TPSA) is 66.8 Å². The Morgan fingerprint density at radius 1 is 0.291 bits per heavy atom. The summed E-state index contributed by atoms with van der Waals surface area (Å²) in [5, 5.41) is 0. The zero-order valence-electron chi connectivity index (χ0n) is 38.2. The van der Waals surface area contributed by atoms with Gasteiger partial charge in [0.25, 0.3) is 0 Å². The molecule has 332 valence electrons. The average Bonchev–Trinajstić information content (AvgIpc) is 3.16. The molecule has 0 aliphatic rings. The van der Waals surface area contributed by atoms with E-state index < -0.39 is 13.4 Å². The fourth-order valence-electron chi connectivity index (χ4n) is 8.87. The Morgan fingerprint density at radius 2 is 0.436 bits per heavy atom.